The molecule has 144 valence electrons. The lowest BCUT2D eigenvalue weighted by atomic mass is 9.81. The Hall–Kier alpha value is -0.903. The first-order valence-electron chi connectivity index (χ1n) is 10.9. The third-order valence-corrected chi connectivity index (χ3v) is 6.88. The van der Waals surface area contributed by atoms with Crippen LogP contribution < -0.4 is 0 Å². The molecule has 1 aliphatic carbocycles. The Bertz CT molecular complexity index is 546. The van der Waals surface area contributed by atoms with Gasteiger partial charge in [0.15, 0.2) is 0 Å². The van der Waals surface area contributed by atoms with Crippen LogP contribution in [-0.2, 0) is 4.74 Å². The third kappa shape index (κ3) is 5.31. The molecule has 3 rings (SSSR count). The molecule has 2 nitrogen and oxygen atoms in total. The molecule has 0 N–H and O–H groups in total. The molecule has 0 bridgehead atoms. The van der Waals surface area contributed by atoms with Gasteiger partial charge in [0, 0.05) is 29.2 Å². The number of hydrogen-bond acceptors (Lipinski definition) is 2. The number of ether oxygens (including phenoxy) is 1. The number of hydrogen-bond donors (Lipinski definition) is 0. The summed E-state index contributed by atoms with van der Waals surface area (Å²) >= 11 is 0. The van der Waals surface area contributed by atoms with Gasteiger partial charge in [0.05, 0.1) is 6.10 Å². The van der Waals surface area contributed by atoms with Crippen LogP contribution in [0.5, 0.6) is 0 Å². The molecule has 2 fully saturated rings. The Kier molecular flexibility index (Phi) is 7.97. The molecule has 1 aromatic rings. The van der Waals surface area contributed by atoms with Gasteiger partial charge in [-0.1, -0.05) is 74.7 Å². The van der Waals surface area contributed by atoms with E-state index in [1.54, 1.807) is 0 Å². The van der Waals surface area contributed by atoms with Crippen molar-refractivity contribution in [2.24, 2.45) is 5.92 Å². The summed E-state index contributed by atoms with van der Waals surface area (Å²) < 4.78 is 6.61. The molecule has 3 heteroatoms. The van der Waals surface area contributed by atoms with E-state index in [2.05, 4.69) is 54.3 Å². The summed E-state index contributed by atoms with van der Waals surface area (Å²) in [5.41, 5.74) is 1.28. The highest BCUT2D eigenvalue weighted by Crippen LogP contribution is 2.39. The molecule has 1 heterocycles. The first kappa shape index (κ1) is 19.8. The van der Waals surface area contributed by atoms with Crippen molar-refractivity contribution in [1.29, 1.82) is 0 Å². The lowest BCUT2D eigenvalue weighted by Crippen LogP contribution is -2.42. The van der Waals surface area contributed by atoms with Crippen LogP contribution in [-0.4, -0.2) is 40.1 Å². The highest BCUT2D eigenvalue weighted by molar-refractivity contribution is 6.08. The number of benzene rings is 1. The van der Waals surface area contributed by atoms with Crippen molar-refractivity contribution in [3.8, 4) is 0 Å². The van der Waals surface area contributed by atoms with E-state index in [0.717, 1.165) is 12.3 Å². The Morgan fingerprint density at radius 1 is 1.19 bits per heavy atom. The molecule has 2 aliphatic rings. The fourth-order valence-electron chi connectivity index (χ4n) is 4.70. The van der Waals surface area contributed by atoms with Crippen LogP contribution in [0.1, 0.15) is 63.9 Å². The Morgan fingerprint density at radius 3 is 2.81 bits per heavy atom. The Morgan fingerprint density at radius 2 is 2.04 bits per heavy atom. The second kappa shape index (κ2) is 10.4. The van der Waals surface area contributed by atoms with Gasteiger partial charge in [-0.15, -0.1) is 0 Å². The van der Waals surface area contributed by atoms with Crippen LogP contribution >= 0.6 is 0 Å². The maximum atomic E-state index is 6.61. The summed E-state index contributed by atoms with van der Waals surface area (Å²) in [6, 6.07) is 12.7. The number of fused-ring (bicyclic) bond motifs is 1. The number of unbranched alkanes of at least 4 members (excludes halogenated alkanes) is 1. The Labute approximate surface area is 163 Å². The standard InChI is InChI=1S/C23H37NOSi/c1-2-3-16-24-21-15-14-20(12-8-17-26)18-22(21)25-23(24)13-7-11-19-9-5-4-6-10-19/h4-7,9-11,20-23H,2-3,8,12-18H2,1,26H3/b11-7+. The maximum Gasteiger partial charge on any atom is 0.114 e. The van der Waals surface area contributed by atoms with E-state index in [9.17, 15) is 0 Å². The molecular formula is C23H37NOSi. The second-order valence-electron chi connectivity index (χ2n) is 8.16. The minimum absolute atomic E-state index is 0.286. The number of rotatable bonds is 9. The first-order chi connectivity index (χ1) is 12.8. The van der Waals surface area contributed by atoms with Gasteiger partial charge in [-0.25, -0.2) is 0 Å². The van der Waals surface area contributed by atoms with Gasteiger partial charge >= 0.3 is 0 Å². The first-order valence-corrected chi connectivity index (χ1v) is 12.4. The minimum Gasteiger partial charge on any atom is -0.358 e. The van der Waals surface area contributed by atoms with Gasteiger partial charge < -0.3 is 4.74 Å². The molecule has 0 radical (unpaired) electrons. The van der Waals surface area contributed by atoms with Gasteiger partial charge in [-0.05, 0) is 37.2 Å². The van der Waals surface area contributed by atoms with Gasteiger partial charge in [-0.3, -0.25) is 4.90 Å². The topological polar surface area (TPSA) is 12.5 Å². The van der Waals surface area contributed by atoms with Crippen LogP contribution in [0.15, 0.2) is 36.4 Å². The predicted molar refractivity (Wildman–Crippen MR) is 115 cm³/mol. The van der Waals surface area contributed by atoms with Gasteiger partial charge in [-0.2, -0.15) is 0 Å². The molecule has 0 spiro atoms. The van der Waals surface area contributed by atoms with Crippen LogP contribution in [0.3, 0.4) is 0 Å². The highest BCUT2D eigenvalue weighted by atomic mass is 28.1. The van der Waals surface area contributed by atoms with Crippen LogP contribution in [0.2, 0.25) is 6.04 Å². The summed E-state index contributed by atoms with van der Waals surface area (Å²) in [7, 11) is 1.36. The predicted octanol–water partition coefficient (Wildman–Crippen LogP) is 4.65. The van der Waals surface area contributed by atoms with Crippen LogP contribution in [0.4, 0.5) is 0 Å². The molecule has 4 atom stereocenters. The van der Waals surface area contributed by atoms with Crippen LogP contribution in [0.25, 0.3) is 6.08 Å². The lowest BCUT2D eigenvalue weighted by Gasteiger charge is -2.34. The largest absolute Gasteiger partial charge is 0.358 e. The van der Waals surface area contributed by atoms with E-state index < -0.39 is 0 Å². The van der Waals surface area contributed by atoms with Crippen molar-refractivity contribution >= 4 is 16.3 Å². The average molecular weight is 372 g/mol. The fourth-order valence-corrected chi connectivity index (χ4v) is 5.10. The monoisotopic (exact) mass is 371 g/mol. The average Bonchev–Trinajstić information content (AvgIpc) is 3.02. The van der Waals surface area contributed by atoms with Crippen molar-refractivity contribution in [2.75, 3.05) is 6.54 Å². The van der Waals surface area contributed by atoms with Crippen molar-refractivity contribution in [3.05, 3.63) is 42.0 Å². The van der Waals surface area contributed by atoms with Crippen molar-refractivity contribution in [3.63, 3.8) is 0 Å². The smallest absolute Gasteiger partial charge is 0.114 e. The normalized spacial score (nSPS) is 29.4. The molecule has 0 amide bonds. The van der Waals surface area contributed by atoms with Crippen LogP contribution in [0, 0.1) is 5.92 Å². The van der Waals surface area contributed by atoms with Crippen molar-refractivity contribution < 1.29 is 4.74 Å². The Balaban J connectivity index is 1.59. The lowest BCUT2D eigenvalue weighted by molar-refractivity contribution is -0.00647. The summed E-state index contributed by atoms with van der Waals surface area (Å²) in [6.45, 7) is 3.50. The molecule has 1 aromatic carbocycles. The van der Waals surface area contributed by atoms with E-state index in [0.29, 0.717) is 12.1 Å². The van der Waals surface area contributed by atoms with Gasteiger partial charge in [0.1, 0.15) is 6.23 Å². The third-order valence-electron chi connectivity index (χ3n) is 6.18. The van der Waals surface area contributed by atoms with E-state index in [1.165, 1.54) is 73.3 Å². The zero-order valence-electron chi connectivity index (χ0n) is 16.8. The molecule has 1 saturated heterocycles. The van der Waals surface area contributed by atoms with Gasteiger partial charge in [0.2, 0.25) is 0 Å². The van der Waals surface area contributed by atoms with Gasteiger partial charge in [0.25, 0.3) is 0 Å². The molecule has 26 heavy (non-hydrogen) atoms. The molecule has 1 saturated carbocycles. The highest BCUT2D eigenvalue weighted by Gasteiger charge is 2.44. The van der Waals surface area contributed by atoms with E-state index in [-0.39, 0.29) is 6.23 Å². The minimum atomic E-state index is 0.286. The molecule has 1 aliphatic heterocycles. The fraction of sp³-hybridized carbons (Fsp3) is 0.652. The SMILES string of the molecule is CCCCN1C(C/C=C/c2ccccc2)OC2CC(CCC[SiH3])CCC21. The molecule has 4 unspecified atom stereocenters. The quantitative estimate of drug-likeness (QED) is 0.586. The molecular weight excluding hydrogens is 334 g/mol. The zero-order valence-corrected chi connectivity index (χ0v) is 18.8. The summed E-state index contributed by atoms with van der Waals surface area (Å²) in [4.78, 5) is 2.70. The molecule has 0 aromatic heterocycles. The van der Waals surface area contributed by atoms with E-state index >= 15 is 0 Å². The van der Waals surface area contributed by atoms with Crippen molar-refractivity contribution in [2.45, 2.75) is 82.7 Å². The van der Waals surface area contributed by atoms with E-state index in [1.807, 2.05) is 0 Å². The second-order valence-corrected chi connectivity index (χ2v) is 9.16. The van der Waals surface area contributed by atoms with E-state index in [4.69, 9.17) is 4.74 Å². The number of nitrogens with zero attached hydrogens (tertiary/aromatic N) is 1. The zero-order chi connectivity index (χ0) is 18.2. The summed E-state index contributed by atoms with van der Waals surface area (Å²) in [6.07, 6.45) is 15.8. The summed E-state index contributed by atoms with van der Waals surface area (Å²) in [5, 5.41) is 0. The maximum absolute atomic E-state index is 6.61. The van der Waals surface area contributed by atoms with Crippen molar-refractivity contribution in [1.82, 2.24) is 4.90 Å². The summed E-state index contributed by atoms with van der Waals surface area (Å²) in [5.74, 6) is 0.914.